The van der Waals surface area contributed by atoms with Crippen LogP contribution in [-0.4, -0.2) is 48.4 Å². The molecule has 1 aliphatic rings. The topological polar surface area (TPSA) is 86.4 Å². The highest BCUT2D eigenvalue weighted by Crippen LogP contribution is 2.35. The summed E-state index contributed by atoms with van der Waals surface area (Å²) < 4.78 is 11.1. The molecule has 0 saturated carbocycles. The molecular formula is C29H30N2O5. The van der Waals surface area contributed by atoms with Crippen molar-refractivity contribution in [2.75, 3.05) is 38.2 Å². The molecule has 0 unspecified atom stereocenters. The fraction of sp³-hybridized carbons (Fsp3) is 0.276. The van der Waals surface area contributed by atoms with Crippen molar-refractivity contribution < 1.29 is 19.4 Å². The number of piperazine rings is 1. The number of fused-ring (bicyclic) bond motifs is 1. The van der Waals surface area contributed by atoms with Gasteiger partial charge in [0.2, 0.25) is 5.43 Å². The van der Waals surface area contributed by atoms with Crippen LogP contribution in [0, 0.1) is 13.8 Å². The fourth-order valence-electron chi connectivity index (χ4n) is 4.98. The zero-order chi connectivity index (χ0) is 25.4. The molecule has 1 aliphatic heterocycles. The number of phenols is 2. The Hall–Kier alpha value is -3.97. The number of aryl methyl sites for hydroxylation is 2. The van der Waals surface area contributed by atoms with Gasteiger partial charge in [0.25, 0.3) is 0 Å². The summed E-state index contributed by atoms with van der Waals surface area (Å²) >= 11 is 0. The summed E-state index contributed by atoms with van der Waals surface area (Å²) in [6.07, 6.45) is 1.40. The van der Waals surface area contributed by atoms with E-state index in [0.29, 0.717) is 29.0 Å². The number of anilines is 1. The van der Waals surface area contributed by atoms with Crippen LogP contribution in [0.5, 0.6) is 17.2 Å². The highest BCUT2D eigenvalue weighted by molar-refractivity contribution is 5.90. The van der Waals surface area contributed by atoms with E-state index < -0.39 is 0 Å². The number of benzene rings is 3. The Bertz CT molecular complexity index is 1470. The van der Waals surface area contributed by atoms with E-state index in [1.54, 1.807) is 31.4 Å². The van der Waals surface area contributed by atoms with Gasteiger partial charge in [0.15, 0.2) is 0 Å². The van der Waals surface area contributed by atoms with Gasteiger partial charge < -0.3 is 24.3 Å². The molecule has 2 heterocycles. The fourth-order valence-corrected chi connectivity index (χ4v) is 4.98. The van der Waals surface area contributed by atoms with Crippen molar-refractivity contribution in [3.05, 3.63) is 81.7 Å². The van der Waals surface area contributed by atoms with Gasteiger partial charge in [0.05, 0.1) is 18.2 Å². The predicted octanol–water partition coefficient (Wildman–Crippen LogP) is 4.82. The van der Waals surface area contributed by atoms with Crippen molar-refractivity contribution in [1.82, 2.24) is 4.90 Å². The minimum absolute atomic E-state index is 0.0741. The van der Waals surface area contributed by atoms with E-state index in [4.69, 9.17) is 9.15 Å². The third-order valence-corrected chi connectivity index (χ3v) is 6.95. The largest absolute Gasteiger partial charge is 0.507 e. The van der Waals surface area contributed by atoms with Crippen molar-refractivity contribution in [2.45, 2.75) is 20.4 Å². The van der Waals surface area contributed by atoms with E-state index in [-0.39, 0.29) is 27.9 Å². The molecule has 3 aromatic carbocycles. The molecule has 1 aromatic heterocycles. The maximum atomic E-state index is 13.4. The molecule has 1 saturated heterocycles. The first-order valence-electron chi connectivity index (χ1n) is 12.0. The number of ether oxygens (including phenoxy) is 1. The van der Waals surface area contributed by atoms with Crippen LogP contribution in [0.15, 0.2) is 64.0 Å². The molecule has 7 nitrogen and oxygen atoms in total. The zero-order valence-electron chi connectivity index (χ0n) is 20.7. The van der Waals surface area contributed by atoms with Crippen LogP contribution in [-0.2, 0) is 6.54 Å². The monoisotopic (exact) mass is 486 g/mol. The van der Waals surface area contributed by atoms with Crippen LogP contribution < -0.4 is 15.1 Å². The summed E-state index contributed by atoms with van der Waals surface area (Å²) in [6, 6.07) is 14.8. The minimum Gasteiger partial charge on any atom is -0.507 e. The van der Waals surface area contributed by atoms with Gasteiger partial charge >= 0.3 is 0 Å². The Morgan fingerprint density at radius 3 is 2.33 bits per heavy atom. The summed E-state index contributed by atoms with van der Waals surface area (Å²) in [7, 11) is 1.58. The lowest BCUT2D eigenvalue weighted by atomic mass is 10.0. The minimum atomic E-state index is -0.347. The van der Waals surface area contributed by atoms with Gasteiger partial charge in [0, 0.05) is 44.5 Å². The SMILES string of the molecule is COc1ccc(-c2coc3c(CN4CCN(c5ccc(C)cc5C)CC4)c(O)cc(O)c3c2=O)cc1. The quantitative estimate of drug-likeness (QED) is 0.418. The summed E-state index contributed by atoms with van der Waals surface area (Å²) in [5.41, 5.74) is 5.12. The molecule has 36 heavy (non-hydrogen) atoms. The number of hydrogen-bond acceptors (Lipinski definition) is 7. The van der Waals surface area contributed by atoms with Crippen LogP contribution in [0.3, 0.4) is 0 Å². The Balaban J connectivity index is 1.42. The standard InChI is InChI=1S/C29H30N2O5/c1-18-4-9-24(19(2)14-18)31-12-10-30(11-13-31)16-22-25(32)15-26(33)27-28(34)23(17-36-29(22)27)20-5-7-21(35-3)8-6-20/h4-9,14-15,17,32-33H,10-13,16H2,1-3H3. The number of methoxy groups -OCH3 is 1. The number of phenolic OH excluding ortho intramolecular Hbond substituents is 2. The van der Waals surface area contributed by atoms with E-state index >= 15 is 0 Å². The Kier molecular flexibility index (Phi) is 6.33. The number of aromatic hydroxyl groups is 2. The lowest BCUT2D eigenvalue weighted by Gasteiger charge is -2.37. The van der Waals surface area contributed by atoms with Gasteiger partial charge in [-0.25, -0.2) is 0 Å². The van der Waals surface area contributed by atoms with E-state index in [2.05, 4.69) is 41.8 Å². The summed E-state index contributed by atoms with van der Waals surface area (Å²) in [5.74, 6) is 0.295. The molecule has 0 amide bonds. The van der Waals surface area contributed by atoms with Crippen molar-refractivity contribution in [2.24, 2.45) is 0 Å². The molecular weight excluding hydrogens is 456 g/mol. The van der Waals surface area contributed by atoms with Gasteiger partial charge in [-0.2, -0.15) is 0 Å². The van der Waals surface area contributed by atoms with Crippen LogP contribution in [0.4, 0.5) is 5.69 Å². The second kappa shape index (κ2) is 9.59. The van der Waals surface area contributed by atoms with E-state index in [1.807, 2.05) is 0 Å². The van der Waals surface area contributed by atoms with E-state index in [1.165, 1.54) is 29.1 Å². The van der Waals surface area contributed by atoms with Crippen molar-refractivity contribution >= 4 is 16.7 Å². The highest BCUT2D eigenvalue weighted by atomic mass is 16.5. The van der Waals surface area contributed by atoms with Gasteiger partial charge in [-0.3, -0.25) is 9.69 Å². The van der Waals surface area contributed by atoms with Crippen LogP contribution in [0.25, 0.3) is 22.1 Å². The van der Waals surface area contributed by atoms with Crippen LogP contribution in [0.2, 0.25) is 0 Å². The summed E-state index contributed by atoms with van der Waals surface area (Å²) in [4.78, 5) is 18.0. The number of nitrogens with zero attached hydrogens (tertiary/aromatic N) is 2. The molecule has 0 radical (unpaired) electrons. The third-order valence-electron chi connectivity index (χ3n) is 6.95. The highest BCUT2D eigenvalue weighted by Gasteiger charge is 2.24. The lowest BCUT2D eigenvalue weighted by Crippen LogP contribution is -2.46. The molecule has 0 aliphatic carbocycles. The molecule has 0 bridgehead atoms. The lowest BCUT2D eigenvalue weighted by molar-refractivity contribution is 0.246. The van der Waals surface area contributed by atoms with Crippen molar-refractivity contribution in [3.63, 3.8) is 0 Å². The molecule has 0 atom stereocenters. The Morgan fingerprint density at radius 2 is 1.67 bits per heavy atom. The van der Waals surface area contributed by atoms with Gasteiger partial charge in [-0.1, -0.05) is 29.8 Å². The molecule has 0 spiro atoms. The van der Waals surface area contributed by atoms with Crippen molar-refractivity contribution in [3.8, 4) is 28.4 Å². The predicted molar refractivity (Wildman–Crippen MR) is 141 cm³/mol. The molecule has 2 N–H and O–H groups in total. The first-order valence-corrected chi connectivity index (χ1v) is 12.0. The summed E-state index contributed by atoms with van der Waals surface area (Å²) in [6.45, 7) is 7.94. The zero-order valence-corrected chi connectivity index (χ0v) is 20.7. The van der Waals surface area contributed by atoms with Gasteiger partial charge in [-0.15, -0.1) is 0 Å². The second-order valence-corrected chi connectivity index (χ2v) is 9.36. The van der Waals surface area contributed by atoms with E-state index in [9.17, 15) is 15.0 Å². The maximum Gasteiger partial charge on any atom is 0.204 e. The molecule has 1 fully saturated rings. The van der Waals surface area contributed by atoms with E-state index in [0.717, 1.165) is 26.2 Å². The Morgan fingerprint density at radius 1 is 0.944 bits per heavy atom. The first-order chi connectivity index (χ1) is 17.4. The van der Waals surface area contributed by atoms with Gasteiger partial charge in [0.1, 0.15) is 34.5 Å². The summed E-state index contributed by atoms with van der Waals surface area (Å²) in [5, 5.41) is 21.3. The molecule has 7 heteroatoms. The average molecular weight is 487 g/mol. The van der Waals surface area contributed by atoms with Crippen molar-refractivity contribution in [1.29, 1.82) is 0 Å². The van der Waals surface area contributed by atoms with Crippen LogP contribution in [0.1, 0.15) is 16.7 Å². The normalized spacial score (nSPS) is 14.4. The average Bonchev–Trinajstić information content (AvgIpc) is 2.87. The smallest absolute Gasteiger partial charge is 0.204 e. The third kappa shape index (κ3) is 4.38. The first kappa shape index (κ1) is 23.8. The maximum absolute atomic E-state index is 13.4. The molecule has 4 aromatic rings. The Labute approximate surface area is 209 Å². The van der Waals surface area contributed by atoms with Crippen LogP contribution >= 0.6 is 0 Å². The number of hydrogen-bond donors (Lipinski definition) is 2. The second-order valence-electron chi connectivity index (χ2n) is 9.36. The van der Waals surface area contributed by atoms with Gasteiger partial charge in [-0.05, 0) is 43.2 Å². The molecule has 186 valence electrons. The molecule has 5 rings (SSSR count). The number of rotatable bonds is 5.